The highest BCUT2D eigenvalue weighted by Gasteiger charge is 2.20. The Labute approximate surface area is 83.8 Å². The molecule has 1 aromatic heterocycles. The van der Waals surface area contributed by atoms with Gasteiger partial charge in [-0.05, 0) is 17.9 Å². The summed E-state index contributed by atoms with van der Waals surface area (Å²) in [5.41, 5.74) is -0.906. The second kappa shape index (κ2) is 4.36. The maximum absolute atomic E-state index is 11.2. The van der Waals surface area contributed by atoms with E-state index in [4.69, 9.17) is 0 Å². The number of hydrogen-bond acceptors (Lipinski definition) is 5. The molecule has 1 aromatic rings. The first-order valence-corrected chi connectivity index (χ1v) is 4.11. The molecule has 0 bridgehead atoms. The quantitative estimate of drug-likeness (QED) is 0.445. The lowest BCUT2D eigenvalue weighted by Crippen LogP contribution is -2.14. The van der Waals surface area contributed by atoms with Crippen molar-refractivity contribution in [3.05, 3.63) is 38.2 Å². The molecule has 1 rings (SSSR count). The molecule has 0 fully saturated rings. The van der Waals surface area contributed by atoms with Crippen LogP contribution in [0.2, 0.25) is 0 Å². The number of aromatic nitrogens is 1. The molecule has 1 heterocycles. The van der Waals surface area contributed by atoms with E-state index in [0.717, 1.165) is 12.1 Å². The number of hydrogen-bond donors (Lipinski definition) is 1. The Morgan fingerprint density at radius 1 is 1.60 bits per heavy atom. The number of ether oxygens (including phenoxy) is 1. The highest BCUT2D eigenvalue weighted by molar-refractivity contribution is 5.92. The van der Waals surface area contributed by atoms with E-state index in [1.54, 1.807) is 6.92 Å². The summed E-state index contributed by atoms with van der Waals surface area (Å²) < 4.78 is 4.59. The van der Waals surface area contributed by atoms with Crippen LogP contribution in [-0.4, -0.2) is 22.5 Å². The van der Waals surface area contributed by atoms with Gasteiger partial charge in [0.15, 0.2) is 5.56 Å². The Bertz CT molecular complexity index is 451. The van der Waals surface area contributed by atoms with Crippen LogP contribution < -0.4 is 5.56 Å². The van der Waals surface area contributed by atoms with Gasteiger partial charge in [0.05, 0.1) is 6.61 Å². The van der Waals surface area contributed by atoms with E-state index in [2.05, 4.69) is 4.74 Å². The lowest BCUT2D eigenvalue weighted by Gasteiger charge is -2.02. The number of carbonyl (C=O) groups excluding carboxylic acids is 1. The number of nitrogens with zero attached hydrogens (tertiary/aromatic N) is 1. The van der Waals surface area contributed by atoms with Crippen molar-refractivity contribution >= 4 is 11.8 Å². The summed E-state index contributed by atoms with van der Waals surface area (Å²) in [4.78, 5) is 33.7. The fraction of sp³-hybridized carbons (Fsp3) is 0.250. The van der Waals surface area contributed by atoms with Crippen LogP contribution in [-0.2, 0) is 4.74 Å². The summed E-state index contributed by atoms with van der Waals surface area (Å²) in [6.45, 7) is 1.69. The molecule has 80 valence electrons. The van der Waals surface area contributed by atoms with E-state index >= 15 is 0 Å². The second-order valence-corrected chi connectivity index (χ2v) is 2.56. The fourth-order valence-corrected chi connectivity index (χ4v) is 0.981. The summed E-state index contributed by atoms with van der Waals surface area (Å²) in [5.74, 6) is -1.48. The van der Waals surface area contributed by atoms with Crippen LogP contribution in [0.5, 0.6) is 0 Å². The molecular weight excluding hydrogens is 204 g/mol. The Kier molecular flexibility index (Phi) is 3.17. The minimum atomic E-state index is -0.840. The predicted molar refractivity (Wildman–Crippen MR) is 49.7 cm³/mol. The van der Waals surface area contributed by atoms with Crippen molar-refractivity contribution < 1.29 is 14.5 Å². The smallest absolute Gasteiger partial charge is 0.346 e. The first-order chi connectivity index (χ1) is 7.06. The molecule has 0 aromatic carbocycles. The SMILES string of the molecule is CCOC(=O)c1ccc(=O)[nH]c1[N+](=O)[O-]. The Morgan fingerprint density at radius 2 is 2.27 bits per heavy atom. The van der Waals surface area contributed by atoms with Crippen molar-refractivity contribution in [3.63, 3.8) is 0 Å². The van der Waals surface area contributed by atoms with Crippen LogP contribution in [0.15, 0.2) is 16.9 Å². The molecule has 15 heavy (non-hydrogen) atoms. The summed E-state index contributed by atoms with van der Waals surface area (Å²) in [6, 6.07) is 2.09. The summed E-state index contributed by atoms with van der Waals surface area (Å²) in [7, 11) is 0. The van der Waals surface area contributed by atoms with Gasteiger partial charge in [-0.1, -0.05) is 0 Å². The van der Waals surface area contributed by atoms with Gasteiger partial charge in [-0.15, -0.1) is 0 Å². The van der Waals surface area contributed by atoms with E-state index < -0.39 is 22.3 Å². The zero-order valence-electron chi connectivity index (χ0n) is 7.85. The van der Waals surface area contributed by atoms with Crippen LogP contribution in [0, 0.1) is 10.1 Å². The monoisotopic (exact) mass is 212 g/mol. The molecule has 0 unspecified atom stereocenters. The fourth-order valence-electron chi connectivity index (χ4n) is 0.981. The molecule has 7 nitrogen and oxygen atoms in total. The summed E-state index contributed by atoms with van der Waals surface area (Å²) >= 11 is 0. The number of pyridine rings is 1. The Morgan fingerprint density at radius 3 is 2.80 bits per heavy atom. The van der Waals surface area contributed by atoms with E-state index in [0.29, 0.717) is 0 Å². The number of nitrogens with one attached hydrogen (secondary N) is 1. The van der Waals surface area contributed by atoms with Crippen molar-refractivity contribution in [1.29, 1.82) is 0 Å². The maximum atomic E-state index is 11.2. The number of rotatable bonds is 3. The first kappa shape index (κ1) is 10.9. The minimum absolute atomic E-state index is 0.106. The lowest BCUT2D eigenvalue weighted by atomic mass is 10.2. The third kappa shape index (κ3) is 2.39. The molecule has 0 radical (unpaired) electrons. The molecule has 0 amide bonds. The van der Waals surface area contributed by atoms with Crippen LogP contribution in [0.25, 0.3) is 0 Å². The molecule has 0 spiro atoms. The summed E-state index contributed by atoms with van der Waals surface area (Å²) in [5, 5.41) is 10.5. The van der Waals surface area contributed by atoms with E-state index in [-0.39, 0.29) is 12.2 Å². The van der Waals surface area contributed by atoms with Crippen LogP contribution in [0.1, 0.15) is 17.3 Å². The van der Waals surface area contributed by atoms with Crippen molar-refractivity contribution in [2.75, 3.05) is 6.61 Å². The van der Waals surface area contributed by atoms with Crippen molar-refractivity contribution in [1.82, 2.24) is 4.98 Å². The van der Waals surface area contributed by atoms with E-state index in [1.807, 2.05) is 4.98 Å². The number of nitro groups is 1. The molecule has 0 saturated heterocycles. The average Bonchev–Trinajstić information content (AvgIpc) is 2.17. The van der Waals surface area contributed by atoms with Gasteiger partial charge in [0.1, 0.15) is 0 Å². The number of aromatic amines is 1. The lowest BCUT2D eigenvalue weighted by molar-refractivity contribution is -0.390. The topological polar surface area (TPSA) is 102 Å². The van der Waals surface area contributed by atoms with Crippen LogP contribution >= 0.6 is 0 Å². The maximum Gasteiger partial charge on any atom is 0.346 e. The largest absolute Gasteiger partial charge is 0.462 e. The molecule has 0 aliphatic heterocycles. The van der Waals surface area contributed by atoms with Crippen LogP contribution in [0.4, 0.5) is 5.82 Å². The highest BCUT2D eigenvalue weighted by atomic mass is 16.6. The van der Waals surface area contributed by atoms with Gasteiger partial charge in [0.25, 0.3) is 0 Å². The Hall–Kier alpha value is -2.18. The minimum Gasteiger partial charge on any atom is -0.462 e. The number of carbonyl (C=O) groups is 1. The van der Waals surface area contributed by atoms with Gasteiger partial charge >= 0.3 is 17.3 Å². The molecule has 7 heteroatoms. The third-order valence-electron chi connectivity index (χ3n) is 1.58. The Balaban J connectivity index is 3.23. The van der Waals surface area contributed by atoms with Crippen molar-refractivity contribution in [2.24, 2.45) is 0 Å². The normalized spacial score (nSPS) is 9.67. The molecule has 0 saturated carbocycles. The van der Waals surface area contributed by atoms with Crippen molar-refractivity contribution in [3.8, 4) is 0 Å². The third-order valence-corrected chi connectivity index (χ3v) is 1.58. The van der Waals surface area contributed by atoms with Gasteiger partial charge in [-0.2, -0.15) is 0 Å². The van der Waals surface area contributed by atoms with Crippen molar-refractivity contribution in [2.45, 2.75) is 6.92 Å². The predicted octanol–water partition coefficient (Wildman–Crippen LogP) is 0.460. The molecule has 1 N–H and O–H groups in total. The zero-order valence-corrected chi connectivity index (χ0v) is 7.85. The number of esters is 1. The second-order valence-electron chi connectivity index (χ2n) is 2.56. The van der Waals surface area contributed by atoms with Gasteiger partial charge in [0, 0.05) is 6.07 Å². The molecular formula is C8H8N2O5. The van der Waals surface area contributed by atoms with Gasteiger partial charge in [-0.3, -0.25) is 0 Å². The van der Waals surface area contributed by atoms with E-state index in [9.17, 15) is 19.7 Å². The van der Waals surface area contributed by atoms with E-state index in [1.165, 1.54) is 0 Å². The highest BCUT2D eigenvalue weighted by Crippen LogP contribution is 2.13. The molecule has 0 aliphatic rings. The molecule has 0 aliphatic carbocycles. The molecule has 0 atom stereocenters. The zero-order chi connectivity index (χ0) is 11.4. The van der Waals surface area contributed by atoms with Gasteiger partial charge in [-0.25, -0.2) is 14.6 Å². The standard InChI is InChI=1S/C8H8N2O5/c1-2-15-8(12)5-3-4-6(11)9-7(5)10(13)14/h3-4H,2H2,1H3,(H,9,11). The summed E-state index contributed by atoms with van der Waals surface area (Å²) in [6.07, 6.45) is 0. The van der Waals surface area contributed by atoms with Gasteiger partial charge in [0.2, 0.25) is 0 Å². The number of H-pyrrole nitrogens is 1. The first-order valence-electron chi connectivity index (χ1n) is 4.11. The van der Waals surface area contributed by atoms with Gasteiger partial charge < -0.3 is 14.9 Å². The average molecular weight is 212 g/mol. The van der Waals surface area contributed by atoms with Crippen LogP contribution in [0.3, 0.4) is 0 Å².